The van der Waals surface area contributed by atoms with E-state index < -0.39 is 5.92 Å². The highest BCUT2D eigenvalue weighted by molar-refractivity contribution is 5.93. The summed E-state index contributed by atoms with van der Waals surface area (Å²) < 4.78 is 0. The van der Waals surface area contributed by atoms with E-state index in [0.29, 0.717) is 6.42 Å². The molecule has 0 spiro atoms. The van der Waals surface area contributed by atoms with E-state index in [4.69, 9.17) is 0 Å². The summed E-state index contributed by atoms with van der Waals surface area (Å²) in [5, 5.41) is 0. The molecule has 0 bridgehead atoms. The number of ketones is 1. The summed E-state index contributed by atoms with van der Waals surface area (Å²) >= 11 is 0. The average Bonchev–Trinajstić information content (AvgIpc) is 2.73. The minimum Gasteiger partial charge on any atom is -0.299 e. The van der Waals surface area contributed by atoms with Crippen molar-refractivity contribution in [1.29, 1.82) is 0 Å². The predicted molar refractivity (Wildman–Crippen MR) is 127 cm³/mol. The van der Waals surface area contributed by atoms with Gasteiger partial charge in [-0.1, -0.05) is 136 Å². The smallest absolute Gasteiger partial charge is 0.209 e. The van der Waals surface area contributed by atoms with Gasteiger partial charge in [0.2, 0.25) is 6.29 Å². The minimum absolute atomic E-state index is 0.135. The topological polar surface area (TPSA) is 34.1 Å². The van der Waals surface area contributed by atoms with E-state index in [2.05, 4.69) is 13.8 Å². The van der Waals surface area contributed by atoms with E-state index in [1.807, 2.05) is 6.29 Å². The number of carbonyl (C=O) groups is 1. The van der Waals surface area contributed by atoms with Gasteiger partial charge in [0, 0.05) is 6.42 Å². The molecule has 0 amide bonds. The molecule has 1 unspecified atom stereocenters. The Kier molecular flexibility index (Phi) is 23.1. The first-order chi connectivity index (χ1) is 14.3. The molecule has 0 heterocycles. The van der Waals surface area contributed by atoms with Gasteiger partial charge >= 0.3 is 0 Å². The molecule has 29 heavy (non-hydrogen) atoms. The molecule has 0 rings (SSSR count). The van der Waals surface area contributed by atoms with Crippen molar-refractivity contribution in [2.45, 2.75) is 155 Å². The van der Waals surface area contributed by atoms with Crippen molar-refractivity contribution in [2.75, 3.05) is 0 Å². The van der Waals surface area contributed by atoms with E-state index in [1.54, 1.807) is 0 Å². The van der Waals surface area contributed by atoms with Gasteiger partial charge in [0.25, 0.3) is 0 Å². The molecule has 0 saturated heterocycles. The van der Waals surface area contributed by atoms with Crippen molar-refractivity contribution in [2.24, 2.45) is 5.92 Å². The van der Waals surface area contributed by atoms with E-state index >= 15 is 0 Å². The maximum atomic E-state index is 12.2. The maximum absolute atomic E-state index is 12.2. The van der Waals surface area contributed by atoms with Crippen LogP contribution in [0.25, 0.3) is 0 Å². The molecule has 0 N–H and O–H groups in total. The van der Waals surface area contributed by atoms with Crippen LogP contribution in [-0.2, 0) is 9.59 Å². The van der Waals surface area contributed by atoms with Crippen LogP contribution in [0.5, 0.6) is 0 Å². The largest absolute Gasteiger partial charge is 0.299 e. The highest BCUT2D eigenvalue weighted by Gasteiger charge is 2.17. The molecule has 0 aliphatic carbocycles. The quantitative estimate of drug-likeness (QED) is 0.118. The average molecular weight is 408 g/mol. The van der Waals surface area contributed by atoms with Crippen LogP contribution < -0.4 is 0 Å². The second-order valence-electron chi connectivity index (χ2n) is 9.04. The molecule has 1 radical (unpaired) electrons. The van der Waals surface area contributed by atoms with Gasteiger partial charge in [0.1, 0.15) is 5.78 Å². The first kappa shape index (κ1) is 28.3. The molecule has 2 heteroatoms. The summed E-state index contributed by atoms with van der Waals surface area (Å²) in [6.45, 7) is 4.51. The standard InChI is InChI=1S/C27H51O2/c1-3-5-7-9-11-13-15-17-19-21-23-26(25-28)27(29)24-22-20-18-16-14-12-10-8-6-4-2/h26H,3-24H2,1-2H3. The molecule has 171 valence electrons. The summed E-state index contributed by atoms with van der Waals surface area (Å²) in [5.74, 6) is -0.321. The number of hydrogen-bond donors (Lipinski definition) is 0. The summed E-state index contributed by atoms with van der Waals surface area (Å²) in [4.78, 5) is 23.4. The van der Waals surface area contributed by atoms with Gasteiger partial charge in [0.05, 0.1) is 5.92 Å². The number of unbranched alkanes of at least 4 members (excludes halogenated alkanes) is 18. The van der Waals surface area contributed by atoms with Crippen molar-refractivity contribution in [3.63, 3.8) is 0 Å². The highest BCUT2D eigenvalue weighted by Crippen LogP contribution is 2.17. The molecule has 0 aliphatic heterocycles. The van der Waals surface area contributed by atoms with Crippen molar-refractivity contribution in [1.82, 2.24) is 0 Å². The lowest BCUT2D eigenvalue weighted by molar-refractivity contribution is -0.121. The zero-order valence-corrected chi connectivity index (χ0v) is 20.0. The summed E-state index contributed by atoms with van der Waals surface area (Å²) in [6.07, 6.45) is 28.9. The Balaban J connectivity index is 3.48. The molecule has 0 aromatic rings. The van der Waals surface area contributed by atoms with Crippen molar-refractivity contribution >= 4 is 12.1 Å². The van der Waals surface area contributed by atoms with Gasteiger partial charge in [-0.25, -0.2) is 0 Å². The lowest BCUT2D eigenvalue weighted by atomic mass is 9.94. The fourth-order valence-electron chi connectivity index (χ4n) is 4.08. The Bertz CT molecular complexity index is 350. The number of hydrogen-bond acceptors (Lipinski definition) is 2. The van der Waals surface area contributed by atoms with E-state index in [1.165, 1.54) is 103 Å². The molecule has 0 fully saturated rings. The molecule has 0 saturated carbocycles. The fraction of sp³-hybridized carbons (Fsp3) is 0.926. The van der Waals surface area contributed by atoms with Crippen molar-refractivity contribution in [3.05, 3.63) is 0 Å². The third kappa shape index (κ3) is 20.4. The molecule has 2 nitrogen and oxygen atoms in total. The zero-order valence-electron chi connectivity index (χ0n) is 20.0. The Morgan fingerprint density at radius 1 is 0.552 bits per heavy atom. The first-order valence-electron chi connectivity index (χ1n) is 13.2. The van der Waals surface area contributed by atoms with Crippen molar-refractivity contribution in [3.8, 4) is 0 Å². The van der Waals surface area contributed by atoms with Crippen LogP contribution in [0.4, 0.5) is 0 Å². The Morgan fingerprint density at radius 2 is 0.897 bits per heavy atom. The molecule has 0 aliphatic rings. The molecular weight excluding hydrogens is 356 g/mol. The number of carbonyl (C=O) groups excluding carboxylic acids is 2. The van der Waals surface area contributed by atoms with E-state index in [9.17, 15) is 9.59 Å². The molecule has 0 aromatic heterocycles. The molecule has 1 atom stereocenters. The van der Waals surface area contributed by atoms with E-state index in [-0.39, 0.29) is 5.78 Å². The highest BCUT2D eigenvalue weighted by atomic mass is 16.1. The minimum atomic E-state index is -0.456. The van der Waals surface area contributed by atoms with Crippen LogP contribution in [0.1, 0.15) is 155 Å². The fourth-order valence-corrected chi connectivity index (χ4v) is 4.08. The van der Waals surface area contributed by atoms with Gasteiger partial charge in [-0.3, -0.25) is 9.59 Å². The van der Waals surface area contributed by atoms with Crippen molar-refractivity contribution < 1.29 is 9.59 Å². The van der Waals surface area contributed by atoms with Gasteiger partial charge in [-0.05, 0) is 12.8 Å². The summed E-state index contributed by atoms with van der Waals surface area (Å²) in [5.41, 5.74) is 0. The maximum Gasteiger partial charge on any atom is 0.209 e. The van der Waals surface area contributed by atoms with Crippen LogP contribution in [0, 0.1) is 5.92 Å². The first-order valence-corrected chi connectivity index (χ1v) is 13.2. The van der Waals surface area contributed by atoms with E-state index in [0.717, 1.165) is 32.1 Å². The number of rotatable bonds is 24. The Labute approximate surface area is 183 Å². The summed E-state index contributed by atoms with van der Waals surface area (Å²) in [7, 11) is 0. The van der Waals surface area contributed by atoms with Crippen LogP contribution >= 0.6 is 0 Å². The summed E-state index contributed by atoms with van der Waals surface area (Å²) in [6, 6.07) is 0. The van der Waals surface area contributed by atoms with Gasteiger partial charge in [-0.2, -0.15) is 0 Å². The zero-order chi connectivity index (χ0) is 21.4. The third-order valence-corrected chi connectivity index (χ3v) is 6.15. The lowest BCUT2D eigenvalue weighted by Crippen LogP contribution is -2.15. The second-order valence-corrected chi connectivity index (χ2v) is 9.04. The normalized spacial score (nSPS) is 12.2. The number of Topliss-reactive ketones (excluding diaryl/α,β-unsaturated/α-hetero) is 1. The molecule has 0 aromatic carbocycles. The SMILES string of the molecule is CCCCCCCCCCCCC(=O)C([C]=O)CCCCCCCCCCCC. The Morgan fingerprint density at radius 3 is 1.28 bits per heavy atom. The van der Waals surface area contributed by atoms with Gasteiger partial charge < -0.3 is 0 Å². The van der Waals surface area contributed by atoms with Crippen LogP contribution in [-0.4, -0.2) is 12.1 Å². The Hall–Kier alpha value is -0.660. The van der Waals surface area contributed by atoms with Crippen LogP contribution in [0.2, 0.25) is 0 Å². The van der Waals surface area contributed by atoms with Crippen LogP contribution in [0.15, 0.2) is 0 Å². The lowest BCUT2D eigenvalue weighted by Gasteiger charge is -2.09. The van der Waals surface area contributed by atoms with Crippen LogP contribution in [0.3, 0.4) is 0 Å². The second kappa shape index (κ2) is 23.6. The third-order valence-electron chi connectivity index (χ3n) is 6.15. The van der Waals surface area contributed by atoms with Gasteiger partial charge in [0.15, 0.2) is 0 Å². The predicted octanol–water partition coefficient (Wildman–Crippen LogP) is 8.90. The van der Waals surface area contributed by atoms with Gasteiger partial charge in [-0.15, -0.1) is 0 Å². The molecular formula is C27H51O2. The monoisotopic (exact) mass is 407 g/mol.